The van der Waals surface area contributed by atoms with Crippen molar-refractivity contribution in [3.8, 4) is 11.3 Å². The number of nitrogens with one attached hydrogen (secondary N) is 1. The van der Waals surface area contributed by atoms with Crippen LogP contribution >= 0.6 is 0 Å². The molecule has 0 bridgehead atoms. The first-order valence-corrected chi connectivity index (χ1v) is 13.6. The highest BCUT2D eigenvalue weighted by Crippen LogP contribution is 2.34. The molecular weight excluding hydrogens is 436 g/mol. The monoisotopic (exact) mass is 476 g/mol. The van der Waals surface area contributed by atoms with Crippen molar-refractivity contribution >= 4 is 17.0 Å². The SMILES string of the molecule is CCC[C@@H](C)Nc1ncc2c(-c3ccc(CN4CCCCC4)cc3)nn(C3CCC(O)CC3)c2n1. The van der Waals surface area contributed by atoms with Gasteiger partial charge in [0.15, 0.2) is 5.65 Å². The standard InChI is InChI=1S/C28H40N6O/c1-3-7-20(2)30-28-29-18-25-26(32-34(27(25)31-28)23-12-14-24(35)15-13-23)22-10-8-21(9-11-22)19-33-16-5-4-6-17-33/h8-11,18,20,23-24,35H,3-7,12-17,19H2,1-2H3,(H,29,30,31)/t20-,23?,24?/m1/s1. The summed E-state index contributed by atoms with van der Waals surface area (Å²) in [6.45, 7) is 7.80. The lowest BCUT2D eigenvalue weighted by molar-refractivity contribution is 0.109. The number of rotatable bonds is 8. The lowest BCUT2D eigenvalue weighted by Gasteiger charge is -2.26. The molecule has 0 spiro atoms. The number of aliphatic hydroxyl groups excluding tert-OH is 1. The third kappa shape index (κ3) is 5.67. The number of piperidine rings is 1. The van der Waals surface area contributed by atoms with Gasteiger partial charge in [-0.05, 0) is 70.5 Å². The van der Waals surface area contributed by atoms with Crippen LogP contribution in [-0.2, 0) is 6.54 Å². The summed E-state index contributed by atoms with van der Waals surface area (Å²) in [7, 11) is 0. The Bertz CT molecular complexity index is 1100. The smallest absolute Gasteiger partial charge is 0.224 e. The largest absolute Gasteiger partial charge is 0.393 e. The molecule has 7 heteroatoms. The molecule has 1 atom stereocenters. The van der Waals surface area contributed by atoms with Gasteiger partial charge in [-0.15, -0.1) is 0 Å². The molecule has 188 valence electrons. The number of nitrogens with zero attached hydrogens (tertiary/aromatic N) is 5. The lowest BCUT2D eigenvalue weighted by atomic mass is 9.93. The third-order valence-electron chi connectivity index (χ3n) is 7.64. The third-order valence-corrected chi connectivity index (χ3v) is 7.64. The Labute approximate surface area is 209 Å². The number of fused-ring (bicyclic) bond motifs is 1. The van der Waals surface area contributed by atoms with Gasteiger partial charge in [0.25, 0.3) is 0 Å². The van der Waals surface area contributed by atoms with Gasteiger partial charge in [0.05, 0.1) is 17.5 Å². The van der Waals surface area contributed by atoms with Gasteiger partial charge in [-0.2, -0.15) is 10.1 Å². The molecule has 3 aromatic rings. The molecular formula is C28H40N6O. The number of likely N-dealkylation sites (tertiary alicyclic amines) is 1. The van der Waals surface area contributed by atoms with Gasteiger partial charge in [0.2, 0.25) is 5.95 Å². The molecule has 1 saturated carbocycles. The molecule has 5 rings (SSSR count). The highest BCUT2D eigenvalue weighted by Gasteiger charge is 2.26. The summed E-state index contributed by atoms with van der Waals surface area (Å²) in [5.74, 6) is 0.666. The van der Waals surface area contributed by atoms with Crippen LogP contribution in [-0.4, -0.2) is 55.0 Å². The fourth-order valence-corrected chi connectivity index (χ4v) is 5.63. The molecule has 2 fully saturated rings. The highest BCUT2D eigenvalue weighted by molar-refractivity contribution is 5.91. The first kappa shape index (κ1) is 24.2. The second-order valence-electron chi connectivity index (χ2n) is 10.6. The van der Waals surface area contributed by atoms with Gasteiger partial charge in [0.1, 0.15) is 5.69 Å². The van der Waals surface area contributed by atoms with E-state index in [1.54, 1.807) is 0 Å². The minimum atomic E-state index is -0.193. The minimum Gasteiger partial charge on any atom is -0.393 e. The second kappa shape index (κ2) is 11.0. The van der Waals surface area contributed by atoms with Crippen LogP contribution in [0.2, 0.25) is 0 Å². The predicted molar refractivity (Wildman–Crippen MR) is 141 cm³/mol. The zero-order valence-corrected chi connectivity index (χ0v) is 21.3. The second-order valence-corrected chi connectivity index (χ2v) is 10.6. The van der Waals surface area contributed by atoms with Crippen LogP contribution in [0.3, 0.4) is 0 Å². The van der Waals surface area contributed by atoms with Gasteiger partial charge < -0.3 is 10.4 Å². The molecule has 35 heavy (non-hydrogen) atoms. The molecule has 1 aliphatic heterocycles. The van der Waals surface area contributed by atoms with E-state index >= 15 is 0 Å². The molecule has 1 saturated heterocycles. The Balaban J connectivity index is 1.45. The van der Waals surface area contributed by atoms with Crippen LogP contribution in [0, 0.1) is 0 Å². The van der Waals surface area contributed by atoms with Crippen molar-refractivity contribution in [3.05, 3.63) is 36.0 Å². The van der Waals surface area contributed by atoms with Gasteiger partial charge >= 0.3 is 0 Å². The molecule has 1 aromatic carbocycles. The van der Waals surface area contributed by atoms with Crippen molar-refractivity contribution in [2.24, 2.45) is 0 Å². The molecule has 0 amide bonds. The fraction of sp³-hybridized carbons (Fsp3) is 0.607. The number of hydrogen-bond donors (Lipinski definition) is 2. The van der Waals surface area contributed by atoms with Crippen LogP contribution < -0.4 is 5.32 Å². The minimum absolute atomic E-state index is 0.193. The molecule has 7 nitrogen and oxygen atoms in total. The normalized spacial score (nSPS) is 22.4. The summed E-state index contributed by atoms with van der Waals surface area (Å²) in [5.41, 5.74) is 4.30. The van der Waals surface area contributed by atoms with E-state index in [-0.39, 0.29) is 12.1 Å². The van der Waals surface area contributed by atoms with Crippen LogP contribution in [0.4, 0.5) is 5.95 Å². The van der Waals surface area contributed by atoms with E-state index in [1.807, 2.05) is 6.20 Å². The number of benzene rings is 1. The Morgan fingerprint density at radius 2 is 1.80 bits per heavy atom. The maximum absolute atomic E-state index is 10.0. The summed E-state index contributed by atoms with van der Waals surface area (Å²) in [6.07, 6.45) is 11.4. The Morgan fingerprint density at radius 3 is 2.51 bits per heavy atom. The molecule has 0 unspecified atom stereocenters. The van der Waals surface area contributed by atoms with Crippen LogP contribution in [0.15, 0.2) is 30.5 Å². The summed E-state index contributed by atoms with van der Waals surface area (Å²) in [4.78, 5) is 12.2. The molecule has 2 N–H and O–H groups in total. The highest BCUT2D eigenvalue weighted by atomic mass is 16.3. The van der Waals surface area contributed by atoms with Crippen LogP contribution in [0.5, 0.6) is 0 Å². The first-order valence-electron chi connectivity index (χ1n) is 13.6. The van der Waals surface area contributed by atoms with Crippen molar-refractivity contribution in [3.63, 3.8) is 0 Å². The molecule has 2 aromatic heterocycles. The van der Waals surface area contributed by atoms with E-state index in [9.17, 15) is 5.11 Å². The molecule has 2 aliphatic rings. The number of anilines is 1. The van der Waals surface area contributed by atoms with Crippen LogP contribution in [0.25, 0.3) is 22.3 Å². The van der Waals surface area contributed by atoms with E-state index in [4.69, 9.17) is 10.1 Å². The van der Waals surface area contributed by atoms with Gasteiger partial charge in [0, 0.05) is 24.3 Å². The zero-order chi connectivity index (χ0) is 24.2. The number of hydrogen-bond acceptors (Lipinski definition) is 6. The Morgan fingerprint density at radius 1 is 1.06 bits per heavy atom. The van der Waals surface area contributed by atoms with E-state index < -0.39 is 0 Å². The summed E-state index contributed by atoms with van der Waals surface area (Å²) in [5, 5.41) is 19.6. The number of aromatic nitrogens is 4. The van der Waals surface area contributed by atoms with Crippen molar-refractivity contribution in [1.82, 2.24) is 24.6 Å². The van der Waals surface area contributed by atoms with Gasteiger partial charge in [-0.3, -0.25) is 4.90 Å². The summed E-state index contributed by atoms with van der Waals surface area (Å²) < 4.78 is 2.11. The van der Waals surface area contributed by atoms with E-state index in [0.29, 0.717) is 12.0 Å². The van der Waals surface area contributed by atoms with Crippen LogP contribution in [0.1, 0.15) is 83.2 Å². The molecule has 1 aliphatic carbocycles. The number of aliphatic hydroxyl groups is 1. The average molecular weight is 477 g/mol. The van der Waals surface area contributed by atoms with E-state index in [0.717, 1.165) is 67.4 Å². The van der Waals surface area contributed by atoms with E-state index in [1.165, 1.54) is 37.9 Å². The summed E-state index contributed by atoms with van der Waals surface area (Å²) >= 11 is 0. The maximum atomic E-state index is 10.0. The van der Waals surface area contributed by atoms with Crippen molar-refractivity contribution in [1.29, 1.82) is 0 Å². The summed E-state index contributed by atoms with van der Waals surface area (Å²) in [6, 6.07) is 9.47. The Hall–Kier alpha value is -2.51. The maximum Gasteiger partial charge on any atom is 0.224 e. The van der Waals surface area contributed by atoms with Gasteiger partial charge in [-0.1, -0.05) is 44.0 Å². The molecule has 0 radical (unpaired) electrons. The van der Waals surface area contributed by atoms with Crippen molar-refractivity contribution in [2.75, 3.05) is 18.4 Å². The lowest BCUT2D eigenvalue weighted by Crippen LogP contribution is -2.28. The Kier molecular flexibility index (Phi) is 7.63. The van der Waals surface area contributed by atoms with E-state index in [2.05, 4.69) is 58.0 Å². The fourth-order valence-electron chi connectivity index (χ4n) is 5.63. The predicted octanol–water partition coefficient (Wildman–Crippen LogP) is 5.56. The molecule has 3 heterocycles. The van der Waals surface area contributed by atoms with Crippen molar-refractivity contribution in [2.45, 2.75) is 96.4 Å². The average Bonchev–Trinajstić information content (AvgIpc) is 3.24. The zero-order valence-electron chi connectivity index (χ0n) is 21.3. The quantitative estimate of drug-likeness (QED) is 0.443. The topological polar surface area (TPSA) is 79.1 Å². The van der Waals surface area contributed by atoms with Crippen molar-refractivity contribution < 1.29 is 5.11 Å². The first-order chi connectivity index (χ1) is 17.1. The van der Waals surface area contributed by atoms with Gasteiger partial charge in [-0.25, -0.2) is 9.67 Å².